The molecule has 1 aromatic carbocycles. The van der Waals surface area contributed by atoms with Gasteiger partial charge in [0.2, 0.25) is 0 Å². The second kappa shape index (κ2) is 7.90. The molecule has 0 aliphatic carbocycles. The summed E-state index contributed by atoms with van der Waals surface area (Å²) in [6, 6.07) is 14.7. The summed E-state index contributed by atoms with van der Waals surface area (Å²) >= 11 is 0. The van der Waals surface area contributed by atoms with Gasteiger partial charge < -0.3 is 9.80 Å². The first-order chi connectivity index (χ1) is 12.5. The van der Waals surface area contributed by atoms with Crippen molar-refractivity contribution in [1.29, 1.82) is 0 Å². The zero-order valence-electron chi connectivity index (χ0n) is 16.2. The molecule has 2 aromatic rings. The number of likely N-dealkylation sites (tertiary alicyclic amines) is 1. The van der Waals surface area contributed by atoms with Crippen molar-refractivity contribution in [2.75, 3.05) is 11.4 Å². The lowest BCUT2D eigenvalue weighted by Gasteiger charge is -2.32. The van der Waals surface area contributed by atoms with Gasteiger partial charge in [0.25, 0.3) is 5.91 Å². The summed E-state index contributed by atoms with van der Waals surface area (Å²) in [6.07, 6.45) is 3.99. The van der Waals surface area contributed by atoms with Crippen LogP contribution in [0.5, 0.6) is 0 Å². The van der Waals surface area contributed by atoms with Crippen LogP contribution in [0, 0.1) is 0 Å². The Kier molecular flexibility index (Phi) is 5.60. The molecule has 4 nitrogen and oxygen atoms in total. The Bertz CT molecular complexity index is 717. The molecule has 1 aliphatic rings. The van der Waals surface area contributed by atoms with Gasteiger partial charge in [-0.25, -0.2) is 4.98 Å². The van der Waals surface area contributed by atoms with E-state index in [4.69, 9.17) is 4.98 Å². The van der Waals surface area contributed by atoms with Crippen LogP contribution in [0.3, 0.4) is 0 Å². The van der Waals surface area contributed by atoms with Crippen molar-refractivity contribution in [1.82, 2.24) is 9.88 Å². The smallest absolute Gasteiger partial charge is 0.254 e. The number of hydrogen-bond donors (Lipinski definition) is 0. The zero-order valence-corrected chi connectivity index (χ0v) is 16.2. The van der Waals surface area contributed by atoms with Crippen molar-refractivity contribution in [3.63, 3.8) is 0 Å². The average Bonchev–Trinajstić information content (AvgIpc) is 3.11. The van der Waals surface area contributed by atoms with E-state index in [-0.39, 0.29) is 11.9 Å². The Morgan fingerprint density at radius 3 is 2.35 bits per heavy atom. The van der Waals surface area contributed by atoms with Crippen LogP contribution in [0.1, 0.15) is 62.5 Å². The van der Waals surface area contributed by atoms with Crippen LogP contribution in [-0.2, 0) is 0 Å². The predicted molar refractivity (Wildman–Crippen MR) is 106 cm³/mol. The van der Waals surface area contributed by atoms with Gasteiger partial charge in [-0.15, -0.1) is 0 Å². The molecule has 0 bridgehead atoms. The Balaban J connectivity index is 1.81. The van der Waals surface area contributed by atoms with Gasteiger partial charge in [-0.2, -0.15) is 0 Å². The lowest BCUT2D eigenvalue weighted by atomic mass is 10.1. The summed E-state index contributed by atoms with van der Waals surface area (Å²) in [6.45, 7) is 9.56. The topological polar surface area (TPSA) is 36.4 Å². The number of amides is 1. The van der Waals surface area contributed by atoms with Gasteiger partial charge in [0.1, 0.15) is 5.82 Å². The van der Waals surface area contributed by atoms with E-state index in [1.807, 2.05) is 41.4 Å². The van der Waals surface area contributed by atoms with E-state index in [0.29, 0.717) is 12.1 Å². The third-order valence-electron chi connectivity index (χ3n) is 5.07. The molecule has 4 heteroatoms. The molecular formula is C22H29N3O. The number of benzene rings is 1. The monoisotopic (exact) mass is 351 g/mol. The lowest BCUT2D eigenvalue weighted by Crippen LogP contribution is -2.37. The summed E-state index contributed by atoms with van der Waals surface area (Å²) in [5.74, 6) is 1.11. The van der Waals surface area contributed by atoms with Gasteiger partial charge in [0.05, 0.1) is 6.04 Å². The number of anilines is 1. The zero-order chi connectivity index (χ0) is 18.7. The van der Waals surface area contributed by atoms with Crippen LogP contribution >= 0.6 is 0 Å². The maximum atomic E-state index is 12.9. The molecule has 0 unspecified atom stereocenters. The molecule has 0 N–H and O–H groups in total. The van der Waals surface area contributed by atoms with E-state index >= 15 is 0 Å². The number of nitrogens with zero attached hydrogens (tertiary/aromatic N) is 3. The quantitative estimate of drug-likeness (QED) is 0.784. The minimum absolute atomic E-state index is 0.114. The van der Waals surface area contributed by atoms with Gasteiger partial charge in [-0.05, 0) is 64.3 Å². The SMILES string of the molecule is CC(C)N(c1ccc([C@@H]2CCCN2C(=O)c2ccccc2)cn1)C(C)C. The van der Waals surface area contributed by atoms with Gasteiger partial charge in [-0.1, -0.05) is 24.3 Å². The Morgan fingerprint density at radius 2 is 1.77 bits per heavy atom. The molecule has 138 valence electrons. The molecule has 1 fully saturated rings. The number of hydrogen-bond acceptors (Lipinski definition) is 3. The van der Waals surface area contributed by atoms with E-state index in [1.165, 1.54) is 0 Å². The fourth-order valence-corrected chi connectivity index (χ4v) is 3.98. The highest BCUT2D eigenvalue weighted by Crippen LogP contribution is 2.33. The van der Waals surface area contributed by atoms with Crippen LogP contribution in [0.4, 0.5) is 5.82 Å². The molecule has 0 saturated carbocycles. The summed E-state index contributed by atoms with van der Waals surface area (Å²) in [5.41, 5.74) is 1.89. The molecule has 2 heterocycles. The Hall–Kier alpha value is -2.36. The van der Waals surface area contributed by atoms with Gasteiger partial charge >= 0.3 is 0 Å². The first-order valence-corrected chi connectivity index (χ1v) is 9.59. The minimum Gasteiger partial charge on any atom is -0.352 e. The van der Waals surface area contributed by atoms with Crippen LogP contribution in [-0.4, -0.2) is 34.4 Å². The van der Waals surface area contributed by atoms with Crippen LogP contribution in [0.2, 0.25) is 0 Å². The first-order valence-electron chi connectivity index (χ1n) is 9.59. The fourth-order valence-electron chi connectivity index (χ4n) is 3.98. The van der Waals surface area contributed by atoms with E-state index < -0.39 is 0 Å². The van der Waals surface area contributed by atoms with Crippen LogP contribution in [0.25, 0.3) is 0 Å². The highest BCUT2D eigenvalue weighted by molar-refractivity contribution is 5.94. The maximum Gasteiger partial charge on any atom is 0.254 e. The number of pyridine rings is 1. The predicted octanol–water partition coefficient (Wildman–Crippen LogP) is 4.68. The largest absolute Gasteiger partial charge is 0.352 e. The summed E-state index contributed by atoms with van der Waals surface area (Å²) < 4.78 is 0. The highest BCUT2D eigenvalue weighted by Gasteiger charge is 2.31. The van der Waals surface area contributed by atoms with E-state index in [2.05, 4.69) is 44.7 Å². The molecule has 1 aromatic heterocycles. The molecule has 1 amide bonds. The summed E-state index contributed by atoms with van der Waals surface area (Å²) in [4.78, 5) is 21.9. The standard InChI is InChI=1S/C22H29N3O/c1-16(2)25(17(3)4)21-13-12-19(15-23-21)20-11-8-14-24(20)22(26)18-9-6-5-7-10-18/h5-7,9-10,12-13,15-17,20H,8,11,14H2,1-4H3/t20-/m0/s1. The Labute approximate surface area is 156 Å². The highest BCUT2D eigenvalue weighted by atomic mass is 16.2. The molecular weight excluding hydrogens is 322 g/mol. The third-order valence-corrected chi connectivity index (χ3v) is 5.07. The second-order valence-corrected chi connectivity index (χ2v) is 7.57. The second-order valence-electron chi connectivity index (χ2n) is 7.57. The first kappa shape index (κ1) is 18.4. The van der Waals surface area contributed by atoms with Crippen molar-refractivity contribution in [2.45, 2.75) is 58.7 Å². The molecule has 0 radical (unpaired) electrons. The van der Waals surface area contributed by atoms with Crippen molar-refractivity contribution in [3.05, 3.63) is 59.8 Å². The van der Waals surface area contributed by atoms with Crippen LogP contribution in [0.15, 0.2) is 48.7 Å². The van der Waals surface area contributed by atoms with Gasteiger partial charge in [0, 0.05) is 30.4 Å². The number of carbonyl (C=O) groups excluding carboxylic acids is 1. The van der Waals surface area contributed by atoms with Crippen molar-refractivity contribution in [3.8, 4) is 0 Å². The van der Waals surface area contributed by atoms with Gasteiger partial charge in [-0.3, -0.25) is 4.79 Å². The van der Waals surface area contributed by atoms with Crippen molar-refractivity contribution >= 4 is 11.7 Å². The molecule has 1 aliphatic heterocycles. The van der Waals surface area contributed by atoms with Gasteiger partial charge in [0.15, 0.2) is 0 Å². The molecule has 3 rings (SSSR count). The van der Waals surface area contributed by atoms with E-state index in [1.54, 1.807) is 0 Å². The summed E-state index contributed by atoms with van der Waals surface area (Å²) in [5, 5.41) is 0. The third kappa shape index (κ3) is 3.74. The van der Waals surface area contributed by atoms with Crippen molar-refractivity contribution in [2.24, 2.45) is 0 Å². The number of carbonyl (C=O) groups is 1. The van der Waals surface area contributed by atoms with Crippen LogP contribution < -0.4 is 4.90 Å². The maximum absolute atomic E-state index is 12.9. The van der Waals surface area contributed by atoms with E-state index in [0.717, 1.165) is 36.3 Å². The number of aromatic nitrogens is 1. The Morgan fingerprint density at radius 1 is 1.08 bits per heavy atom. The minimum atomic E-state index is 0.114. The molecule has 26 heavy (non-hydrogen) atoms. The lowest BCUT2D eigenvalue weighted by molar-refractivity contribution is 0.0735. The van der Waals surface area contributed by atoms with E-state index in [9.17, 15) is 4.79 Å². The average molecular weight is 351 g/mol. The number of rotatable bonds is 5. The van der Waals surface area contributed by atoms with Crippen molar-refractivity contribution < 1.29 is 4.79 Å². The molecule has 0 spiro atoms. The fraction of sp³-hybridized carbons (Fsp3) is 0.455. The molecule has 1 saturated heterocycles. The molecule has 1 atom stereocenters. The normalized spacial score (nSPS) is 17.2. The summed E-state index contributed by atoms with van der Waals surface area (Å²) in [7, 11) is 0.